The average Bonchev–Trinajstić information content (AvgIpc) is 2.96. The molecule has 0 unspecified atom stereocenters. The number of nitrogens with one attached hydrogen (secondary N) is 2. The summed E-state index contributed by atoms with van der Waals surface area (Å²) in [5.41, 5.74) is 5.78. The lowest BCUT2D eigenvalue weighted by molar-refractivity contribution is -0.729. The Labute approximate surface area is 164 Å². The Morgan fingerprint density at radius 2 is 2.00 bits per heavy atom. The van der Waals surface area contributed by atoms with Gasteiger partial charge in [0, 0.05) is 17.3 Å². The second-order valence-electron chi connectivity index (χ2n) is 5.73. The topological polar surface area (TPSA) is 114 Å². The van der Waals surface area contributed by atoms with Crippen LogP contribution in [-0.4, -0.2) is 27.7 Å². The number of hydrazine groups is 1. The Kier molecular flexibility index (Phi) is 5.37. The van der Waals surface area contributed by atoms with Crippen LogP contribution in [0.5, 0.6) is 0 Å². The van der Waals surface area contributed by atoms with E-state index >= 15 is 0 Å². The number of para-hydroxylation sites is 1. The number of hydrazone groups is 1. The molecular weight excluding hydrogens is 386 g/mol. The fourth-order valence-corrected chi connectivity index (χ4v) is 2.73. The minimum Gasteiger partial charge on any atom is -0.305 e. The van der Waals surface area contributed by atoms with Crippen molar-refractivity contribution in [3.63, 3.8) is 0 Å². The zero-order chi connectivity index (χ0) is 20.3. The first-order chi connectivity index (χ1) is 13.4. The zero-order valence-corrected chi connectivity index (χ0v) is 15.3. The fraction of sp³-hybridized carbons (Fsp3) is 0.0556. The van der Waals surface area contributed by atoms with Crippen molar-refractivity contribution in [2.45, 2.75) is 6.92 Å². The third kappa shape index (κ3) is 3.84. The van der Waals surface area contributed by atoms with Crippen molar-refractivity contribution in [2.75, 3.05) is 5.01 Å². The van der Waals surface area contributed by atoms with E-state index in [1.807, 2.05) is 0 Å². The highest BCUT2D eigenvalue weighted by Gasteiger charge is 2.29. The molecule has 2 aromatic rings. The number of carbonyl (C=O) groups excluding carboxylic acids is 2. The molecule has 1 heterocycles. The zero-order valence-electron chi connectivity index (χ0n) is 14.6. The summed E-state index contributed by atoms with van der Waals surface area (Å²) in [6.45, 7) is 1.65. The number of amides is 2. The predicted molar refractivity (Wildman–Crippen MR) is 102 cm³/mol. The summed E-state index contributed by atoms with van der Waals surface area (Å²) >= 11 is 5.95. The quantitative estimate of drug-likeness (QED) is 0.527. The first-order valence-corrected chi connectivity index (χ1v) is 8.43. The molecule has 1 aliphatic heterocycles. The highest BCUT2D eigenvalue weighted by atomic mass is 35.5. The molecule has 0 saturated heterocycles. The van der Waals surface area contributed by atoms with Crippen LogP contribution in [0.4, 0.5) is 11.4 Å². The van der Waals surface area contributed by atoms with Crippen LogP contribution in [0.25, 0.3) is 0 Å². The van der Waals surface area contributed by atoms with Gasteiger partial charge in [-0.3, -0.25) is 15.0 Å². The van der Waals surface area contributed by atoms with Gasteiger partial charge in [0.15, 0.2) is 0 Å². The van der Waals surface area contributed by atoms with Gasteiger partial charge in [-0.05, 0) is 31.2 Å². The van der Waals surface area contributed by atoms with Crippen LogP contribution in [0, 0.1) is 4.91 Å². The lowest BCUT2D eigenvalue weighted by Gasteiger charge is -2.11. The van der Waals surface area contributed by atoms with E-state index in [2.05, 4.69) is 16.0 Å². The molecule has 0 saturated carbocycles. The van der Waals surface area contributed by atoms with Crippen LogP contribution in [-0.2, 0) is 4.79 Å². The molecule has 3 N–H and O–H groups in total. The number of hydrogen-bond donors (Lipinski definition) is 3. The highest BCUT2D eigenvalue weighted by Crippen LogP contribution is 2.25. The molecule has 0 fully saturated rings. The summed E-state index contributed by atoms with van der Waals surface area (Å²) in [6, 6.07) is 12.4. The van der Waals surface area contributed by atoms with Gasteiger partial charge >= 0.3 is 5.69 Å². The summed E-state index contributed by atoms with van der Waals surface area (Å²) in [4.78, 5) is 35.5. The van der Waals surface area contributed by atoms with E-state index in [4.69, 9.17) is 16.8 Å². The Morgan fingerprint density at radius 3 is 2.71 bits per heavy atom. The highest BCUT2D eigenvalue weighted by molar-refractivity contribution is 6.32. The maximum absolute atomic E-state index is 12.6. The minimum absolute atomic E-state index is 0.0467. The number of rotatable bonds is 5. The normalized spacial score (nSPS) is 14.8. The van der Waals surface area contributed by atoms with E-state index in [1.54, 1.807) is 37.3 Å². The number of nitrogens with zero attached hydrogens (tertiary/aromatic N) is 3. The van der Waals surface area contributed by atoms with Gasteiger partial charge in [-0.15, -0.1) is 0 Å². The fourth-order valence-electron chi connectivity index (χ4n) is 2.54. The van der Waals surface area contributed by atoms with Gasteiger partial charge in [-0.25, -0.2) is 5.21 Å². The number of carbonyl (C=O) groups is 2. The van der Waals surface area contributed by atoms with Crippen molar-refractivity contribution in [1.82, 2.24) is 10.9 Å². The van der Waals surface area contributed by atoms with Gasteiger partial charge in [0.25, 0.3) is 16.7 Å². The Morgan fingerprint density at radius 1 is 1.25 bits per heavy atom. The van der Waals surface area contributed by atoms with E-state index in [1.165, 1.54) is 29.4 Å². The van der Waals surface area contributed by atoms with Crippen molar-refractivity contribution in [3.8, 4) is 0 Å². The van der Waals surface area contributed by atoms with Gasteiger partial charge < -0.3 is 5.43 Å². The van der Waals surface area contributed by atoms with Crippen molar-refractivity contribution >= 4 is 40.5 Å². The van der Waals surface area contributed by atoms with Gasteiger partial charge in [0.1, 0.15) is 5.56 Å². The van der Waals surface area contributed by atoms with Crippen molar-refractivity contribution < 1.29 is 19.7 Å². The second-order valence-corrected chi connectivity index (χ2v) is 6.17. The minimum atomic E-state index is -0.672. The van der Waals surface area contributed by atoms with E-state index in [9.17, 15) is 14.5 Å². The van der Waals surface area contributed by atoms with E-state index in [0.29, 0.717) is 16.4 Å². The summed E-state index contributed by atoms with van der Waals surface area (Å²) in [5, 5.41) is 14.9. The molecule has 28 heavy (non-hydrogen) atoms. The molecule has 2 amide bonds. The number of anilines is 1. The standard InChI is InChI=1S/C18H14ClN5O4/c1-11-15(18(26)23(22-11)13-6-4-5-12(19)9-13)10-20-21-17(25)14-7-2-3-8-16(14)24(27)28/h2-10H,1H3,(H2-,20,21,22,25,26,27,28)/p+1. The maximum Gasteiger partial charge on any atom is 0.329 e. The van der Waals surface area contributed by atoms with Crippen LogP contribution in [0.2, 0.25) is 5.02 Å². The van der Waals surface area contributed by atoms with Gasteiger partial charge in [-0.1, -0.05) is 29.8 Å². The van der Waals surface area contributed by atoms with Gasteiger partial charge in [0.2, 0.25) is 0 Å². The number of benzene rings is 2. The van der Waals surface area contributed by atoms with Gasteiger partial charge in [0.05, 0.1) is 21.9 Å². The molecule has 0 aromatic heterocycles. The van der Waals surface area contributed by atoms with Crippen molar-refractivity contribution in [1.29, 1.82) is 0 Å². The molecule has 9 nitrogen and oxygen atoms in total. The molecule has 0 bridgehead atoms. The smallest absolute Gasteiger partial charge is 0.305 e. The first kappa shape index (κ1) is 19.1. The van der Waals surface area contributed by atoms with Gasteiger partial charge in [-0.2, -0.15) is 10.1 Å². The van der Waals surface area contributed by atoms with Crippen LogP contribution in [0.3, 0.4) is 0 Å². The summed E-state index contributed by atoms with van der Waals surface area (Å²) in [7, 11) is 0. The Bertz CT molecular complexity index is 1030. The molecule has 0 aliphatic carbocycles. The third-order valence-electron chi connectivity index (χ3n) is 3.87. The number of halogens is 1. The monoisotopic (exact) mass is 400 g/mol. The lowest BCUT2D eigenvalue weighted by atomic mass is 10.2. The van der Waals surface area contributed by atoms with Crippen LogP contribution in [0.1, 0.15) is 17.3 Å². The molecule has 10 heteroatoms. The summed E-state index contributed by atoms with van der Waals surface area (Å²) < 4.78 is 0. The molecule has 0 spiro atoms. The van der Waals surface area contributed by atoms with Crippen LogP contribution >= 0.6 is 11.6 Å². The molecule has 0 atom stereocenters. The summed E-state index contributed by atoms with van der Waals surface area (Å²) in [6.07, 6.45) is 1.29. The van der Waals surface area contributed by atoms with Crippen molar-refractivity contribution in [3.05, 3.63) is 75.8 Å². The van der Waals surface area contributed by atoms with E-state index in [0.717, 1.165) is 0 Å². The molecule has 2 aromatic carbocycles. The largest absolute Gasteiger partial charge is 0.329 e. The average molecular weight is 401 g/mol. The maximum atomic E-state index is 12.6. The second kappa shape index (κ2) is 7.89. The lowest BCUT2D eigenvalue weighted by Crippen LogP contribution is -2.35. The first-order valence-electron chi connectivity index (χ1n) is 8.05. The SMILES string of the molecule is CC1=NN(c2cccc(Cl)c2)C(=O)/C1=C\NNC(=O)c1ccccc1[N+](=O)O. The third-order valence-corrected chi connectivity index (χ3v) is 4.11. The number of hydrogen-bond acceptors (Lipinski definition) is 5. The molecular formula is C18H15ClN5O4+. The Balaban J connectivity index is 1.72. The summed E-state index contributed by atoms with van der Waals surface area (Å²) in [5.74, 6) is -1.07. The molecule has 1 aliphatic rings. The molecule has 0 radical (unpaired) electrons. The predicted octanol–water partition coefficient (Wildman–Crippen LogP) is 2.68. The Hall–Kier alpha value is -3.72. The molecule has 142 valence electrons. The van der Waals surface area contributed by atoms with E-state index in [-0.39, 0.29) is 16.8 Å². The van der Waals surface area contributed by atoms with Crippen LogP contribution < -0.4 is 15.9 Å². The van der Waals surface area contributed by atoms with Crippen molar-refractivity contribution in [2.24, 2.45) is 5.10 Å². The molecule has 3 rings (SSSR count). The van der Waals surface area contributed by atoms with E-state index < -0.39 is 16.7 Å². The van der Waals surface area contributed by atoms with Crippen LogP contribution in [0.15, 0.2) is 65.4 Å².